The Kier molecular flexibility index (Phi) is 2.65. The predicted molar refractivity (Wildman–Crippen MR) is 65.4 cm³/mol. The first-order chi connectivity index (χ1) is 9.00. The van der Waals surface area contributed by atoms with Gasteiger partial charge in [0.25, 0.3) is 0 Å². The van der Waals surface area contributed by atoms with E-state index >= 15 is 0 Å². The van der Waals surface area contributed by atoms with E-state index in [0.29, 0.717) is 21.1 Å². The molecule has 1 fully saturated rings. The third-order valence-corrected chi connectivity index (χ3v) is 3.51. The maximum absolute atomic E-state index is 12.5. The monoisotopic (exact) mass is 263 g/mol. The summed E-state index contributed by atoms with van der Waals surface area (Å²) in [6, 6.07) is 7.22. The summed E-state index contributed by atoms with van der Waals surface area (Å²) in [6.07, 6.45) is 0. The molecule has 101 valence electrons. The Bertz CT molecular complexity index is 521. The lowest BCUT2D eigenvalue weighted by Gasteiger charge is -2.26. The van der Waals surface area contributed by atoms with Crippen molar-refractivity contribution in [2.24, 2.45) is 0 Å². The molecule has 19 heavy (non-hydrogen) atoms. The molecule has 2 aliphatic heterocycles. The van der Waals surface area contributed by atoms with Crippen LogP contribution >= 0.6 is 0 Å². The molecular formula is C13H15N2O4. The van der Waals surface area contributed by atoms with Crippen molar-refractivity contribution in [2.75, 3.05) is 13.2 Å². The molecule has 6 heteroatoms. The Balaban J connectivity index is 2.18. The summed E-state index contributed by atoms with van der Waals surface area (Å²) in [5.41, 5.74) is 0.0253. The first-order valence-corrected chi connectivity index (χ1v) is 6.16. The van der Waals surface area contributed by atoms with Crippen LogP contribution in [0.25, 0.3) is 0 Å². The minimum atomic E-state index is -1.87. The summed E-state index contributed by atoms with van der Waals surface area (Å²) in [5, 5.41) is 25.6. The molecular weight excluding hydrogens is 248 g/mol. The van der Waals surface area contributed by atoms with Gasteiger partial charge in [0.1, 0.15) is 5.54 Å². The van der Waals surface area contributed by atoms with Gasteiger partial charge in [-0.3, -0.25) is 9.47 Å². The van der Waals surface area contributed by atoms with Crippen LogP contribution in [-0.2, 0) is 14.7 Å². The highest BCUT2D eigenvalue weighted by atomic mass is 16.8. The average Bonchev–Trinajstić information content (AvgIpc) is 2.93. The highest BCUT2D eigenvalue weighted by Crippen LogP contribution is 2.39. The Hall–Kier alpha value is -1.47. The van der Waals surface area contributed by atoms with Crippen LogP contribution in [0.2, 0.25) is 0 Å². The van der Waals surface area contributed by atoms with E-state index in [-0.39, 0.29) is 13.2 Å². The summed E-state index contributed by atoms with van der Waals surface area (Å²) < 4.78 is 11.2. The van der Waals surface area contributed by atoms with Crippen LogP contribution in [0.15, 0.2) is 30.3 Å². The van der Waals surface area contributed by atoms with E-state index in [1.807, 2.05) is 18.2 Å². The van der Waals surface area contributed by atoms with Crippen molar-refractivity contribution in [3.8, 4) is 0 Å². The van der Waals surface area contributed by atoms with Gasteiger partial charge in [-0.05, 0) is 31.0 Å². The van der Waals surface area contributed by atoms with Crippen LogP contribution in [0.3, 0.4) is 0 Å². The lowest BCUT2D eigenvalue weighted by Crippen LogP contribution is -2.54. The van der Waals surface area contributed by atoms with Gasteiger partial charge in [-0.25, -0.2) is 0 Å². The van der Waals surface area contributed by atoms with Crippen LogP contribution in [0.5, 0.6) is 0 Å². The molecule has 0 atom stereocenters. The summed E-state index contributed by atoms with van der Waals surface area (Å²) in [5.74, 6) is 0. The summed E-state index contributed by atoms with van der Waals surface area (Å²) >= 11 is 0. The Morgan fingerprint density at radius 3 is 2.37 bits per heavy atom. The molecule has 0 aromatic heterocycles. The molecule has 0 unspecified atom stereocenters. The summed E-state index contributed by atoms with van der Waals surface area (Å²) in [4.78, 5) is 0. The number of hydroxylamine groups is 3. The van der Waals surface area contributed by atoms with Gasteiger partial charge in [0.15, 0.2) is 0 Å². The highest BCUT2D eigenvalue weighted by Gasteiger charge is 2.68. The second-order valence-corrected chi connectivity index (χ2v) is 5.11. The highest BCUT2D eigenvalue weighted by molar-refractivity contribution is 6.04. The van der Waals surface area contributed by atoms with Crippen molar-refractivity contribution in [1.82, 2.24) is 5.06 Å². The molecule has 0 N–H and O–H groups in total. The van der Waals surface area contributed by atoms with Crippen LogP contribution in [0.4, 0.5) is 0 Å². The van der Waals surface area contributed by atoms with E-state index in [4.69, 9.17) is 9.47 Å². The molecule has 1 spiro atoms. The first kappa shape index (κ1) is 12.6. The normalized spacial score (nSPS) is 25.4. The molecule has 3 rings (SSSR count). The quantitative estimate of drug-likeness (QED) is 0.561. The van der Waals surface area contributed by atoms with Gasteiger partial charge < -0.3 is 5.21 Å². The molecule has 1 saturated heterocycles. The molecule has 2 aliphatic rings. The number of hydrogen-bond acceptors (Lipinski definition) is 4. The molecule has 0 bridgehead atoms. The Morgan fingerprint density at radius 2 is 1.79 bits per heavy atom. The number of rotatable bonds is 1. The zero-order valence-corrected chi connectivity index (χ0v) is 10.8. The topological polar surface area (TPSA) is 67.7 Å². The number of ether oxygens (including phenoxy) is 2. The van der Waals surface area contributed by atoms with Crippen molar-refractivity contribution in [2.45, 2.75) is 25.4 Å². The average molecular weight is 263 g/mol. The number of hydrogen-bond donors (Lipinski definition) is 0. The summed E-state index contributed by atoms with van der Waals surface area (Å²) in [6.45, 7) is 3.84. The van der Waals surface area contributed by atoms with E-state index in [9.17, 15) is 10.4 Å². The van der Waals surface area contributed by atoms with Gasteiger partial charge in [0, 0.05) is 5.56 Å². The molecule has 1 radical (unpaired) electrons. The smallest absolute Gasteiger partial charge is 0.495 e. The third-order valence-electron chi connectivity index (χ3n) is 3.51. The molecule has 1 aromatic carbocycles. The SMILES string of the molecule is CC1(C)C(c2ccccc2)=[N+]([O-])C2(OCCO2)N1[O]. The molecule has 6 nitrogen and oxygen atoms in total. The first-order valence-electron chi connectivity index (χ1n) is 6.16. The fourth-order valence-electron chi connectivity index (χ4n) is 2.61. The minimum absolute atomic E-state index is 0.232. The van der Waals surface area contributed by atoms with E-state index in [0.717, 1.165) is 0 Å². The van der Waals surface area contributed by atoms with Crippen molar-refractivity contribution in [3.63, 3.8) is 0 Å². The predicted octanol–water partition coefficient (Wildman–Crippen LogP) is 1.08. The minimum Gasteiger partial charge on any atom is -0.618 e. The number of benzene rings is 1. The lowest BCUT2D eigenvalue weighted by atomic mass is 9.93. The molecule has 0 amide bonds. The second kappa shape index (κ2) is 4.01. The van der Waals surface area contributed by atoms with Crippen molar-refractivity contribution in [3.05, 3.63) is 41.1 Å². The van der Waals surface area contributed by atoms with Crippen LogP contribution in [-0.4, -0.2) is 40.3 Å². The van der Waals surface area contributed by atoms with Gasteiger partial charge in [-0.1, -0.05) is 18.2 Å². The van der Waals surface area contributed by atoms with Gasteiger partial charge in [-0.2, -0.15) is 0 Å². The fraction of sp³-hybridized carbons (Fsp3) is 0.462. The van der Waals surface area contributed by atoms with E-state index in [1.54, 1.807) is 26.0 Å². The largest absolute Gasteiger partial charge is 0.618 e. The zero-order chi connectivity index (χ0) is 13.7. The van der Waals surface area contributed by atoms with Gasteiger partial charge >= 0.3 is 6.03 Å². The van der Waals surface area contributed by atoms with Gasteiger partial charge in [0.05, 0.1) is 13.2 Å². The Morgan fingerprint density at radius 1 is 1.21 bits per heavy atom. The van der Waals surface area contributed by atoms with Crippen LogP contribution in [0, 0.1) is 5.21 Å². The van der Waals surface area contributed by atoms with Crippen molar-refractivity contribution >= 4 is 5.71 Å². The zero-order valence-electron chi connectivity index (χ0n) is 10.8. The van der Waals surface area contributed by atoms with Gasteiger partial charge in [0.2, 0.25) is 5.71 Å². The standard InChI is InChI=1S/C13H15N2O4/c1-12(2)11(10-6-4-3-5-7-10)14(16)13(15(12)17)18-8-9-19-13/h3-7H,8-9H2,1-2H3. The molecule has 1 aromatic rings. The van der Waals surface area contributed by atoms with E-state index in [1.165, 1.54) is 0 Å². The maximum atomic E-state index is 12.5. The van der Waals surface area contributed by atoms with E-state index in [2.05, 4.69) is 0 Å². The van der Waals surface area contributed by atoms with Crippen molar-refractivity contribution in [1.29, 1.82) is 0 Å². The molecule has 2 heterocycles. The number of nitrogens with zero attached hydrogens (tertiary/aromatic N) is 2. The third kappa shape index (κ3) is 1.54. The van der Waals surface area contributed by atoms with Crippen molar-refractivity contribution < 1.29 is 19.4 Å². The maximum Gasteiger partial charge on any atom is 0.495 e. The lowest BCUT2D eigenvalue weighted by molar-refractivity contribution is -0.711. The van der Waals surface area contributed by atoms with Gasteiger partial charge in [-0.15, -0.1) is 9.95 Å². The molecule has 0 saturated carbocycles. The van der Waals surface area contributed by atoms with E-state index < -0.39 is 11.6 Å². The summed E-state index contributed by atoms with van der Waals surface area (Å²) in [7, 11) is 0. The second-order valence-electron chi connectivity index (χ2n) is 5.11. The van der Waals surface area contributed by atoms with Crippen LogP contribution in [0.1, 0.15) is 19.4 Å². The Labute approximate surface area is 111 Å². The van der Waals surface area contributed by atoms with Crippen LogP contribution < -0.4 is 0 Å². The molecule has 0 aliphatic carbocycles. The fourth-order valence-corrected chi connectivity index (χ4v) is 2.61.